The molecule has 8 heteroatoms. The van der Waals surface area contributed by atoms with Crippen molar-refractivity contribution in [1.29, 1.82) is 0 Å². The summed E-state index contributed by atoms with van der Waals surface area (Å²) < 4.78 is 0.403. The standard InChI is InChI=1S/C19H23ClN4OS2/c1-11(2)10-15-16(24-19(20)27-15)18(25)23-14(8-9-26-3)17-21-12-6-4-5-7-13(12)22-17/h4-7,11,14H,8-10H2,1-3H3,(H,21,22)(H,23,25)/t14-/m0/s1. The Morgan fingerprint density at radius 3 is 2.81 bits per heavy atom. The fourth-order valence-corrected chi connectivity index (χ4v) is 4.71. The molecule has 5 nitrogen and oxygen atoms in total. The molecule has 1 amide bonds. The third kappa shape index (κ3) is 5.03. The summed E-state index contributed by atoms with van der Waals surface area (Å²) in [5.41, 5.74) is 2.30. The van der Waals surface area contributed by atoms with Crippen LogP contribution in [0, 0.1) is 5.92 Å². The number of imidazole rings is 1. The molecule has 0 radical (unpaired) electrons. The van der Waals surface area contributed by atoms with Crippen molar-refractivity contribution in [2.75, 3.05) is 12.0 Å². The summed E-state index contributed by atoms with van der Waals surface area (Å²) in [4.78, 5) is 26.1. The van der Waals surface area contributed by atoms with E-state index in [-0.39, 0.29) is 11.9 Å². The van der Waals surface area contributed by atoms with Crippen LogP contribution in [0.1, 0.15) is 47.5 Å². The van der Waals surface area contributed by atoms with Gasteiger partial charge in [0.15, 0.2) is 4.47 Å². The van der Waals surface area contributed by atoms with Crippen molar-refractivity contribution in [3.8, 4) is 0 Å². The molecule has 0 spiro atoms. The van der Waals surface area contributed by atoms with Crippen LogP contribution < -0.4 is 5.32 Å². The van der Waals surface area contributed by atoms with Crippen LogP contribution in [-0.4, -0.2) is 32.9 Å². The Hall–Kier alpha value is -1.57. The molecule has 3 rings (SSSR count). The number of para-hydroxylation sites is 2. The highest BCUT2D eigenvalue weighted by molar-refractivity contribution is 7.98. The highest BCUT2D eigenvalue weighted by Gasteiger charge is 2.23. The molecular formula is C19H23ClN4OS2. The Kier molecular flexibility index (Phi) is 6.78. The fraction of sp³-hybridized carbons (Fsp3) is 0.421. The number of thioether (sulfide) groups is 1. The van der Waals surface area contributed by atoms with Gasteiger partial charge in [-0.2, -0.15) is 11.8 Å². The van der Waals surface area contributed by atoms with E-state index < -0.39 is 0 Å². The second-order valence-corrected chi connectivity index (χ2v) is 9.43. The lowest BCUT2D eigenvalue weighted by Crippen LogP contribution is -2.30. The van der Waals surface area contributed by atoms with Gasteiger partial charge in [0.05, 0.1) is 17.1 Å². The van der Waals surface area contributed by atoms with Gasteiger partial charge in [-0.05, 0) is 42.9 Å². The summed E-state index contributed by atoms with van der Waals surface area (Å²) in [7, 11) is 0. The number of carbonyl (C=O) groups excluding carboxylic acids is 1. The van der Waals surface area contributed by atoms with Gasteiger partial charge in [0.25, 0.3) is 5.91 Å². The number of hydrogen-bond donors (Lipinski definition) is 2. The molecule has 27 heavy (non-hydrogen) atoms. The van der Waals surface area contributed by atoms with Crippen molar-refractivity contribution in [1.82, 2.24) is 20.3 Å². The summed E-state index contributed by atoms with van der Waals surface area (Å²) in [5.74, 6) is 1.92. The Labute approximate surface area is 172 Å². The number of rotatable bonds is 8. The molecule has 0 unspecified atom stereocenters. The predicted molar refractivity (Wildman–Crippen MR) is 115 cm³/mol. The van der Waals surface area contributed by atoms with E-state index in [0.717, 1.165) is 40.3 Å². The molecule has 0 aliphatic rings. The van der Waals surface area contributed by atoms with Crippen LogP contribution in [0.4, 0.5) is 0 Å². The number of aromatic amines is 1. The largest absolute Gasteiger partial charge is 0.341 e. The fourth-order valence-electron chi connectivity index (χ4n) is 2.89. The first-order valence-electron chi connectivity index (χ1n) is 8.87. The van der Waals surface area contributed by atoms with Crippen LogP contribution in [-0.2, 0) is 6.42 Å². The maximum Gasteiger partial charge on any atom is 0.271 e. The summed E-state index contributed by atoms with van der Waals surface area (Å²) in [6, 6.07) is 7.67. The number of fused-ring (bicyclic) bond motifs is 1. The molecule has 2 aromatic heterocycles. The Bertz CT molecular complexity index is 888. The number of amides is 1. The second-order valence-electron chi connectivity index (χ2n) is 6.78. The number of benzene rings is 1. The lowest BCUT2D eigenvalue weighted by Gasteiger charge is -2.16. The molecule has 1 atom stereocenters. The quantitative estimate of drug-likeness (QED) is 0.530. The highest BCUT2D eigenvalue weighted by atomic mass is 35.5. The SMILES string of the molecule is CSCC[C@H](NC(=O)c1nc(Cl)sc1CC(C)C)c1nc2ccccc2[nH]1. The van der Waals surface area contributed by atoms with Crippen LogP contribution >= 0.6 is 34.7 Å². The third-order valence-electron chi connectivity index (χ3n) is 4.13. The van der Waals surface area contributed by atoms with Gasteiger partial charge < -0.3 is 10.3 Å². The normalized spacial score (nSPS) is 12.6. The number of aromatic nitrogens is 3. The summed E-state index contributed by atoms with van der Waals surface area (Å²) in [6.07, 6.45) is 3.62. The van der Waals surface area contributed by atoms with Crippen LogP contribution in [0.25, 0.3) is 11.0 Å². The van der Waals surface area contributed by atoms with Crippen LogP contribution in [0.15, 0.2) is 24.3 Å². The molecule has 0 bridgehead atoms. The van der Waals surface area contributed by atoms with E-state index in [1.807, 2.05) is 24.3 Å². The van der Waals surface area contributed by atoms with Gasteiger partial charge in [-0.25, -0.2) is 9.97 Å². The molecule has 0 saturated carbocycles. The van der Waals surface area contributed by atoms with Gasteiger partial charge in [-0.1, -0.05) is 37.6 Å². The zero-order valence-corrected chi connectivity index (χ0v) is 18.0. The minimum Gasteiger partial charge on any atom is -0.341 e. The van der Waals surface area contributed by atoms with E-state index in [9.17, 15) is 4.79 Å². The zero-order valence-electron chi connectivity index (χ0n) is 15.6. The Morgan fingerprint density at radius 2 is 2.11 bits per heavy atom. The maximum absolute atomic E-state index is 12.9. The first kappa shape index (κ1) is 20.2. The molecular weight excluding hydrogens is 400 g/mol. The monoisotopic (exact) mass is 422 g/mol. The van der Waals surface area contributed by atoms with E-state index in [2.05, 4.69) is 40.4 Å². The number of nitrogens with one attached hydrogen (secondary N) is 2. The van der Waals surface area contributed by atoms with Crippen LogP contribution in [0.5, 0.6) is 0 Å². The van der Waals surface area contributed by atoms with E-state index in [0.29, 0.717) is 16.1 Å². The molecule has 3 aromatic rings. The van der Waals surface area contributed by atoms with Crippen LogP contribution in [0.3, 0.4) is 0 Å². The second kappa shape index (κ2) is 9.08. The smallest absolute Gasteiger partial charge is 0.271 e. The molecule has 0 aliphatic carbocycles. The average molecular weight is 423 g/mol. The predicted octanol–water partition coefficient (Wildman–Crippen LogP) is 5.10. The number of carbonyl (C=O) groups is 1. The van der Waals surface area contributed by atoms with Crippen molar-refractivity contribution in [3.05, 3.63) is 45.1 Å². The number of H-pyrrole nitrogens is 1. The van der Waals surface area contributed by atoms with Crippen molar-refractivity contribution in [2.45, 2.75) is 32.7 Å². The minimum atomic E-state index is -0.204. The highest BCUT2D eigenvalue weighted by Crippen LogP contribution is 2.27. The minimum absolute atomic E-state index is 0.194. The van der Waals surface area contributed by atoms with Crippen molar-refractivity contribution < 1.29 is 4.79 Å². The first-order valence-corrected chi connectivity index (χ1v) is 11.5. The lowest BCUT2D eigenvalue weighted by molar-refractivity contribution is 0.0929. The van der Waals surface area contributed by atoms with Crippen molar-refractivity contribution >= 4 is 51.6 Å². The molecule has 1 aromatic carbocycles. The molecule has 0 fully saturated rings. The van der Waals surface area contributed by atoms with E-state index >= 15 is 0 Å². The molecule has 2 heterocycles. The molecule has 2 N–H and O–H groups in total. The summed E-state index contributed by atoms with van der Waals surface area (Å²) in [5, 5.41) is 3.11. The van der Waals surface area contributed by atoms with Gasteiger partial charge in [0.1, 0.15) is 11.5 Å². The molecule has 144 valence electrons. The van der Waals surface area contributed by atoms with E-state index in [1.54, 1.807) is 11.8 Å². The number of nitrogens with zero attached hydrogens (tertiary/aromatic N) is 2. The number of halogens is 1. The zero-order chi connectivity index (χ0) is 19.4. The molecule has 0 aliphatic heterocycles. The lowest BCUT2D eigenvalue weighted by atomic mass is 10.1. The third-order valence-corrected chi connectivity index (χ3v) is 5.96. The van der Waals surface area contributed by atoms with Crippen molar-refractivity contribution in [2.24, 2.45) is 5.92 Å². The van der Waals surface area contributed by atoms with Gasteiger partial charge in [-0.15, -0.1) is 11.3 Å². The van der Waals surface area contributed by atoms with Gasteiger partial charge in [0, 0.05) is 4.88 Å². The maximum atomic E-state index is 12.9. The Morgan fingerprint density at radius 1 is 1.33 bits per heavy atom. The Balaban J connectivity index is 1.85. The van der Waals surface area contributed by atoms with Gasteiger partial charge in [-0.3, -0.25) is 4.79 Å². The first-order chi connectivity index (χ1) is 13.0. The summed E-state index contributed by atoms with van der Waals surface area (Å²) >= 11 is 9.21. The van der Waals surface area contributed by atoms with E-state index in [4.69, 9.17) is 11.6 Å². The topological polar surface area (TPSA) is 70.7 Å². The average Bonchev–Trinajstić information content (AvgIpc) is 3.21. The van der Waals surface area contributed by atoms with Gasteiger partial charge >= 0.3 is 0 Å². The van der Waals surface area contributed by atoms with Crippen LogP contribution in [0.2, 0.25) is 4.47 Å². The van der Waals surface area contributed by atoms with Gasteiger partial charge in [0.2, 0.25) is 0 Å². The summed E-state index contributed by atoms with van der Waals surface area (Å²) in [6.45, 7) is 4.23. The number of hydrogen-bond acceptors (Lipinski definition) is 5. The molecule has 0 saturated heterocycles. The van der Waals surface area contributed by atoms with Crippen molar-refractivity contribution in [3.63, 3.8) is 0 Å². The van der Waals surface area contributed by atoms with E-state index in [1.165, 1.54) is 11.3 Å². The number of thiazole rings is 1.